The molecule has 1 aliphatic rings. The summed E-state index contributed by atoms with van der Waals surface area (Å²) in [6, 6.07) is 3.54. The molecule has 1 aliphatic carbocycles. The predicted octanol–water partition coefficient (Wildman–Crippen LogP) is 2.51. The van der Waals surface area contributed by atoms with Crippen molar-refractivity contribution in [2.45, 2.75) is 30.6 Å². The zero-order valence-electron chi connectivity index (χ0n) is 11.1. The van der Waals surface area contributed by atoms with Gasteiger partial charge in [-0.05, 0) is 52.4 Å². The van der Waals surface area contributed by atoms with Crippen LogP contribution in [0, 0.1) is 11.2 Å². The average Bonchev–Trinajstić information content (AvgIpc) is 2.35. The van der Waals surface area contributed by atoms with Gasteiger partial charge < -0.3 is 5.11 Å². The maximum absolute atomic E-state index is 13.4. The molecular formula is C13H15BrFNO4S. The summed E-state index contributed by atoms with van der Waals surface area (Å²) in [5, 5.41) is 8.90. The van der Waals surface area contributed by atoms with Gasteiger partial charge in [0.15, 0.2) is 0 Å². The van der Waals surface area contributed by atoms with Crippen molar-refractivity contribution in [3.05, 3.63) is 28.5 Å². The Hall–Kier alpha value is -0.990. The topological polar surface area (TPSA) is 83.5 Å². The minimum Gasteiger partial charge on any atom is -0.481 e. The van der Waals surface area contributed by atoms with Crippen LogP contribution in [0.15, 0.2) is 27.6 Å². The lowest BCUT2D eigenvalue weighted by Gasteiger charge is -2.40. The molecule has 0 saturated heterocycles. The number of carboxylic acid groups (broad SMARTS) is 1. The lowest BCUT2D eigenvalue weighted by molar-refractivity contribution is -0.141. The van der Waals surface area contributed by atoms with E-state index >= 15 is 0 Å². The third kappa shape index (κ3) is 3.81. The van der Waals surface area contributed by atoms with E-state index in [2.05, 4.69) is 20.7 Å². The smallest absolute Gasteiger partial charge is 0.303 e. The van der Waals surface area contributed by atoms with E-state index in [1.807, 2.05) is 0 Å². The van der Waals surface area contributed by atoms with Gasteiger partial charge >= 0.3 is 5.97 Å². The molecule has 0 amide bonds. The number of halogens is 2. The fraction of sp³-hybridized carbons (Fsp3) is 0.462. The van der Waals surface area contributed by atoms with Crippen LogP contribution in [0.1, 0.15) is 25.7 Å². The molecule has 0 aromatic heterocycles. The Morgan fingerprint density at radius 2 is 2.10 bits per heavy atom. The summed E-state index contributed by atoms with van der Waals surface area (Å²) < 4.78 is 40.3. The number of carbonyl (C=O) groups is 1. The fourth-order valence-corrected chi connectivity index (χ4v) is 3.80. The van der Waals surface area contributed by atoms with E-state index in [1.54, 1.807) is 0 Å². The SMILES string of the molecule is O=C(O)CC1(CNS(=O)(=O)c2ccc(Br)c(F)c2)CCC1. The van der Waals surface area contributed by atoms with Gasteiger partial charge in [0.1, 0.15) is 5.82 Å². The Balaban J connectivity index is 2.10. The highest BCUT2D eigenvalue weighted by Gasteiger charge is 2.39. The number of hydrogen-bond donors (Lipinski definition) is 2. The molecule has 0 heterocycles. The van der Waals surface area contributed by atoms with Crippen LogP contribution in [0.2, 0.25) is 0 Å². The molecule has 1 aromatic carbocycles. The highest BCUT2D eigenvalue weighted by Crippen LogP contribution is 2.43. The van der Waals surface area contributed by atoms with Crippen molar-refractivity contribution >= 4 is 31.9 Å². The normalized spacial score (nSPS) is 17.2. The molecule has 1 saturated carbocycles. The summed E-state index contributed by atoms with van der Waals surface area (Å²) >= 11 is 2.96. The number of carboxylic acids is 1. The highest BCUT2D eigenvalue weighted by atomic mass is 79.9. The molecule has 21 heavy (non-hydrogen) atoms. The first-order valence-corrected chi connectivity index (χ1v) is 8.68. The lowest BCUT2D eigenvalue weighted by Crippen LogP contribution is -2.43. The van der Waals surface area contributed by atoms with Crippen molar-refractivity contribution in [1.29, 1.82) is 0 Å². The second-order valence-electron chi connectivity index (χ2n) is 5.32. The van der Waals surface area contributed by atoms with Gasteiger partial charge in [-0.3, -0.25) is 4.79 Å². The van der Waals surface area contributed by atoms with Crippen molar-refractivity contribution in [3.63, 3.8) is 0 Å². The van der Waals surface area contributed by atoms with E-state index in [4.69, 9.17) is 5.11 Å². The Labute approximate surface area is 130 Å². The third-order valence-electron chi connectivity index (χ3n) is 3.78. The van der Waals surface area contributed by atoms with Crippen LogP contribution in [0.4, 0.5) is 4.39 Å². The average molecular weight is 380 g/mol. The number of sulfonamides is 1. The molecule has 0 bridgehead atoms. The van der Waals surface area contributed by atoms with Crippen molar-refractivity contribution in [1.82, 2.24) is 4.72 Å². The largest absolute Gasteiger partial charge is 0.481 e. The first-order valence-electron chi connectivity index (χ1n) is 6.41. The van der Waals surface area contributed by atoms with Gasteiger partial charge in [-0.25, -0.2) is 17.5 Å². The van der Waals surface area contributed by atoms with Gasteiger partial charge in [0.25, 0.3) is 0 Å². The maximum Gasteiger partial charge on any atom is 0.303 e. The van der Waals surface area contributed by atoms with E-state index in [0.29, 0.717) is 12.8 Å². The number of benzene rings is 1. The molecule has 2 N–H and O–H groups in total. The Morgan fingerprint density at radius 3 is 2.57 bits per heavy atom. The van der Waals surface area contributed by atoms with E-state index in [1.165, 1.54) is 12.1 Å². The van der Waals surface area contributed by atoms with Crippen LogP contribution in [-0.2, 0) is 14.8 Å². The fourth-order valence-electron chi connectivity index (χ4n) is 2.39. The summed E-state index contributed by atoms with van der Waals surface area (Å²) in [5.41, 5.74) is -0.521. The molecule has 5 nitrogen and oxygen atoms in total. The van der Waals surface area contributed by atoms with Gasteiger partial charge in [0, 0.05) is 6.54 Å². The molecule has 1 aromatic rings. The molecule has 0 unspecified atom stereocenters. The van der Waals surface area contributed by atoms with Crippen LogP contribution < -0.4 is 4.72 Å². The molecule has 116 valence electrons. The zero-order chi connectivity index (χ0) is 15.7. The quantitative estimate of drug-likeness (QED) is 0.795. The highest BCUT2D eigenvalue weighted by molar-refractivity contribution is 9.10. The van der Waals surface area contributed by atoms with E-state index in [-0.39, 0.29) is 22.3 Å². The third-order valence-corrected chi connectivity index (χ3v) is 5.82. The molecule has 0 atom stereocenters. The van der Waals surface area contributed by atoms with Crippen LogP contribution in [0.5, 0.6) is 0 Å². The standard InChI is InChI=1S/C13H15BrFNO4S/c14-10-3-2-9(6-11(10)15)21(19,20)16-8-13(4-1-5-13)7-12(17)18/h2-3,6,16H,1,4-5,7-8H2,(H,17,18). The van der Waals surface area contributed by atoms with Crippen molar-refractivity contribution in [3.8, 4) is 0 Å². The minimum absolute atomic E-state index is 0.0549. The number of rotatable bonds is 6. The van der Waals surface area contributed by atoms with Crippen molar-refractivity contribution in [2.24, 2.45) is 5.41 Å². The van der Waals surface area contributed by atoms with Crippen molar-refractivity contribution < 1.29 is 22.7 Å². The molecule has 8 heteroatoms. The second kappa shape index (κ2) is 6.02. The lowest BCUT2D eigenvalue weighted by atomic mass is 9.67. The Morgan fingerprint density at radius 1 is 1.43 bits per heavy atom. The van der Waals surface area contributed by atoms with E-state index in [9.17, 15) is 17.6 Å². The Bertz CT molecular complexity index is 658. The maximum atomic E-state index is 13.4. The van der Waals surface area contributed by atoms with Crippen LogP contribution in [-0.4, -0.2) is 26.0 Å². The van der Waals surface area contributed by atoms with Crippen LogP contribution in [0.3, 0.4) is 0 Å². The molecule has 1 fully saturated rings. The van der Waals surface area contributed by atoms with Crippen LogP contribution >= 0.6 is 15.9 Å². The van der Waals surface area contributed by atoms with Gasteiger partial charge in [-0.2, -0.15) is 0 Å². The van der Waals surface area contributed by atoms with Gasteiger partial charge in [-0.15, -0.1) is 0 Å². The first-order chi connectivity index (χ1) is 9.74. The molecule has 0 aliphatic heterocycles. The van der Waals surface area contributed by atoms with Gasteiger partial charge in [0.05, 0.1) is 15.8 Å². The summed E-state index contributed by atoms with van der Waals surface area (Å²) in [4.78, 5) is 10.7. The summed E-state index contributed by atoms with van der Waals surface area (Å²) in [5.74, 6) is -1.61. The van der Waals surface area contributed by atoms with Gasteiger partial charge in [-0.1, -0.05) is 6.42 Å². The zero-order valence-corrected chi connectivity index (χ0v) is 13.5. The molecule has 2 rings (SSSR count). The summed E-state index contributed by atoms with van der Waals surface area (Å²) in [7, 11) is -3.85. The van der Waals surface area contributed by atoms with E-state index in [0.717, 1.165) is 12.5 Å². The first kappa shape index (κ1) is 16.4. The number of hydrogen-bond acceptors (Lipinski definition) is 3. The predicted molar refractivity (Wildman–Crippen MR) is 77.8 cm³/mol. The summed E-state index contributed by atoms with van der Waals surface area (Å²) in [6.07, 6.45) is 2.18. The molecule has 0 radical (unpaired) electrons. The molecular weight excluding hydrogens is 365 g/mol. The van der Waals surface area contributed by atoms with Crippen LogP contribution in [0.25, 0.3) is 0 Å². The summed E-state index contributed by atoms with van der Waals surface area (Å²) in [6.45, 7) is 0.0549. The monoisotopic (exact) mass is 379 g/mol. The number of aliphatic carboxylic acids is 1. The van der Waals surface area contributed by atoms with Gasteiger partial charge in [0.2, 0.25) is 10.0 Å². The second-order valence-corrected chi connectivity index (χ2v) is 7.95. The van der Waals surface area contributed by atoms with E-state index < -0.39 is 27.2 Å². The minimum atomic E-state index is -3.85. The number of nitrogens with one attached hydrogen (secondary N) is 1. The van der Waals surface area contributed by atoms with Crippen molar-refractivity contribution in [2.75, 3.05) is 6.54 Å². The Kier molecular flexibility index (Phi) is 4.69. The molecule has 0 spiro atoms.